The summed E-state index contributed by atoms with van der Waals surface area (Å²) < 4.78 is 23.5. The third-order valence-corrected chi connectivity index (χ3v) is 6.87. The summed E-state index contributed by atoms with van der Waals surface area (Å²) in [6.45, 7) is 4.12. The molecular formula is C25H27FN4O6. The summed E-state index contributed by atoms with van der Waals surface area (Å²) in [5, 5.41) is 19.6. The molecule has 2 N–H and O–H groups in total. The van der Waals surface area contributed by atoms with E-state index >= 15 is 4.39 Å². The molecule has 1 aliphatic heterocycles. The van der Waals surface area contributed by atoms with Crippen LogP contribution in [0.1, 0.15) is 40.5 Å². The number of ether oxygens (including phenoxy) is 1. The number of methoxy groups -OCH3 is 1. The van der Waals surface area contributed by atoms with Crippen molar-refractivity contribution in [1.29, 1.82) is 0 Å². The quantitative estimate of drug-likeness (QED) is 0.497. The van der Waals surface area contributed by atoms with Crippen LogP contribution < -0.4 is 20.6 Å². The molecule has 36 heavy (non-hydrogen) atoms. The van der Waals surface area contributed by atoms with Crippen LogP contribution in [0.4, 0.5) is 10.1 Å². The minimum atomic E-state index is -1.35. The second-order valence-corrected chi connectivity index (χ2v) is 9.39. The summed E-state index contributed by atoms with van der Waals surface area (Å²) in [5.74, 6) is -1.79. The molecule has 0 unspecified atom stereocenters. The molecule has 11 heteroatoms. The summed E-state index contributed by atoms with van der Waals surface area (Å²) in [6.07, 6.45) is 3.00. The lowest BCUT2D eigenvalue weighted by Gasteiger charge is -2.37. The van der Waals surface area contributed by atoms with E-state index in [4.69, 9.17) is 4.74 Å². The first-order valence-corrected chi connectivity index (χ1v) is 11.8. The van der Waals surface area contributed by atoms with E-state index in [0.29, 0.717) is 48.7 Å². The molecule has 3 aromatic rings. The minimum absolute atomic E-state index is 0.0149. The predicted octanol–water partition coefficient (Wildman–Crippen LogP) is 2.21. The predicted molar refractivity (Wildman–Crippen MR) is 130 cm³/mol. The van der Waals surface area contributed by atoms with Crippen molar-refractivity contribution in [2.45, 2.75) is 32.4 Å². The molecule has 0 amide bonds. The first kappa shape index (κ1) is 23.9. The van der Waals surface area contributed by atoms with Crippen molar-refractivity contribution in [1.82, 2.24) is 14.2 Å². The fourth-order valence-corrected chi connectivity index (χ4v) is 4.96. The van der Waals surface area contributed by atoms with Gasteiger partial charge in [-0.05, 0) is 37.5 Å². The maximum absolute atomic E-state index is 15.5. The molecule has 0 radical (unpaired) electrons. The Morgan fingerprint density at radius 1 is 1.14 bits per heavy atom. The molecule has 3 heterocycles. The molecule has 0 atom stereocenters. The number of aromatic carboxylic acids is 1. The Kier molecular flexibility index (Phi) is 5.95. The number of rotatable bonds is 6. The SMILES string of the molecule is COc1c(N2CCN(Cc3cc(C)cc(=O)n3O)CC2)c(F)cc2c(=O)c(C(=O)O)cn(C3CC3)c12. The van der Waals surface area contributed by atoms with Crippen molar-refractivity contribution in [2.75, 3.05) is 38.2 Å². The van der Waals surface area contributed by atoms with Crippen molar-refractivity contribution in [3.63, 3.8) is 0 Å². The number of hydrogen-bond acceptors (Lipinski definition) is 7. The number of benzene rings is 1. The molecule has 2 aromatic heterocycles. The first-order valence-electron chi connectivity index (χ1n) is 11.8. The highest BCUT2D eigenvalue weighted by molar-refractivity contribution is 5.97. The Hall–Kier alpha value is -3.86. The average Bonchev–Trinajstić information content (AvgIpc) is 3.68. The number of fused-ring (bicyclic) bond motifs is 1. The van der Waals surface area contributed by atoms with Crippen LogP contribution in [0, 0.1) is 12.7 Å². The smallest absolute Gasteiger partial charge is 0.341 e. The molecule has 1 aromatic carbocycles. The van der Waals surface area contributed by atoms with Gasteiger partial charge in [-0.2, -0.15) is 4.73 Å². The van der Waals surface area contributed by atoms with E-state index in [2.05, 4.69) is 4.90 Å². The van der Waals surface area contributed by atoms with Gasteiger partial charge >= 0.3 is 5.97 Å². The number of carbonyl (C=O) groups is 1. The van der Waals surface area contributed by atoms with Gasteiger partial charge in [-0.15, -0.1) is 0 Å². The zero-order valence-corrected chi connectivity index (χ0v) is 20.0. The number of pyridine rings is 2. The standard InChI is InChI=1S/C25H27FN4O6/c1-14-9-16(30(35)20(31)10-14)12-27-5-7-28(8-6-27)22-19(26)11-17-21(24(22)36-2)29(15-3-4-15)13-18(23(17)32)25(33)34/h9-11,13,15,35H,3-8,12H2,1-2H3,(H,33,34). The van der Waals surface area contributed by atoms with Crippen molar-refractivity contribution >= 4 is 22.6 Å². The van der Waals surface area contributed by atoms with Gasteiger partial charge in [-0.25, -0.2) is 9.18 Å². The molecule has 0 bridgehead atoms. The monoisotopic (exact) mass is 498 g/mol. The molecule has 190 valence electrons. The summed E-state index contributed by atoms with van der Waals surface area (Å²) >= 11 is 0. The summed E-state index contributed by atoms with van der Waals surface area (Å²) in [4.78, 5) is 40.3. The summed E-state index contributed by atoms with van der Waals surface area (Å²) in [7, 11) is 1.42. The van der Waals surface area contributed by atoms with Gasteiger partial charge < -0.3 is 24.5 Å². The van der Waals surface area contributed by atoms with Crippen molar-refractivity contribution < 1.29 is 24.2 Å². The Balaban J connectivity index is 1.49. The molecule has 1 saturated heterocycles. The highest BCUT2D eigenvalue weighted by atomic mass is 19.1. The summed E-state index contributed by atoms with van der Waals surface area (Å²) in [5.41, 5.74) is 0.251. The van der Waals surface area contributed by atoms with Gasteiger partial charge in [-0.1, -0.05) is 0 Å². The highest BCUT2D eigenvalue weighted by Crippen LogP contribution is 2.43. The molecule has 2 fully saturated rings. The minimum Gasteiger partial charge on any atom is -0.492 e. The van der Waals surface area contributed by atoms with Gasteiger partial charge in [-0.3, -0.25) is 14.5 Å². The Morgan fingerprint density at radius 2 is 1.83 bits per heavy atom. The first-order chi connectivity index (χ1) is 17.2. The van der Waals surface area contributed by atoms with Gasteiger partial charge in [0.05, 0.1) is 23.7 Å². The van der Waals surface area contributed by atoms with Gasteiger partial charge in [0.25, 0.3) is 5.56 Å². The Labute approximate surface area is 205 Å². The molecule has 5 rings (SSSR count). The Morgan fingerprint density at radius 3 is 2.44 bits per heavy atom. The molecule has 1 saturated carbocycles. The van der Waals surface area contributed by atoms with Gasteiger partial charge in [0.1, 0.15) is 11.3 Å². The number of carboxylic acids is 1. The summed E-state index contributed by atoms with van der Waals surface area (Å²) in [6, 6.07) is 4.25. The second-order valence-electron chi connectivity index (χ2n) is 9.39. The van der Waals surface area contributed by atoms with Crippen molar-refractivity contribution in [2.24, 2.45) is 0 Å². The number of aryl methyl sites for hydroxylation is 1. The van der Waals surface area contributed by atoms with Crippen LogP contribution in [-0.2, 0) is 6.54 Å². The maximum atomic E-state index is 15.5. The van der Waals surface area contributed by atoms with Crippen LogP contribution in [0.2, 0.25) is 0 Å². The van der Waals surface area contributed by atoms with Crippen LogP contribution in [0.3, 0.4) is 0 Å². The van der Waals surface area contributed by atoms with Gasteiger partial charge in [0.2, 0.25) is 5.43 Å². The van der Waals surface area contributed by atoms with Crippen molar-refractivity contribution in [3.8, 4) is 5.75 Å². The van der Waals surface area contributed by atoms with E-state index in [9.17, 15) is 24.7 Å². The number of halogens is 1. The fourth-order valence-electron chi connectivity index (χ4n) is 4.96. The lowest BCUT2D eigenvalue weighted by Crippen LogP contribution is -2.47. The number of carboxylic acid groups (broad SMARTS) is 1. The van der Waals surface area contributed by atoms with Crippen LogP contribution >= 0.6 is 0 Å². The largest absolute Gasteiger partial charge is 0.492 e. The zero-order valence-electron chi connectivity index (χ0n) is 20.0. The fraction of sp³-hybridized carbons (Fsp3) is 0.400. The lowest BCUT2D eigenvalue weighted by atomic mass is 10.1. The van der Waals surface area contributed by atoms with Gasteiger partial charge in [0, 0.05) is 51.0 Å². The van der Waals surface area contributed by atoms with E-state index in [0.717, 1.165) is 24.5 Å². The Bertz CT molecular complexity index is 1480. The third-order valence-electron chi connectivity index (χ3n) is 6.87. The lowest BCUT2D eigenvalue weighted by molar-refractivity contribution is 0.0694. The molecular weight excluding hydrogens is 471 g/mol. The molecule has 0 spiro atoms. The normalized spacial score (nSPS) is 16.5. The highest BCUT2D eigenvalue weighted by Gasteiger charge is 2.32. The number of piperazine rings is 1. The third kappa shape index (κ3) is 4.09. The van der Waals surface area contributed by atoms with Crippen LogP contribution in [0.15, 0.2) is 34.0 Å². The molecule has 2 aliphatic rings. The van der Waals surface area contributed by atoms with E-state index < -0.39 is 28.3 Å². The number of aromatic nitrogens is 2. The van der Waals surface area contributed by atoms with E-state index in [1.807, 2.05) is 4.90 Å². The number of hydrogen-bond donors (Lipinski definition) is 2. The average molecular weight is 499 g/mol. The zero-order chi connectivity index (χ0) is 25.7. The van der Waals surface area contributed by atoms with E-state index in [-0.39, 0.29) is 22.9 Å². The second kappa shape index (κ2) is 8.98. The number of anilines is 1. The van der Waals surface area contributed by atoms with E-state index in [1.165, 1.54) is 19.4 Å². The van der Waals surface area contributed by atoms with Crippen LogP contribution in [-0.4, -0.2) is 63.8 Å². The van der Waals surface area contributed by atoms with Crippen molar-refractivity contribution in [3.05, 3.63) is 67.6 Å². The maximum Gasteiger partial charge on any atom is 0.341 e. The van der Waals surface area contributed by atoms with Gasteiger partial charge in [0.15, 0.2) is 11.6 Å². The molecule has 10 nitrogen and oxygen atoms in total. The van der Waals surface area contributed by atoms with Crippen LogP contribution in [0.5, 0.6) is 5.75 Å². The van der Waals surface area contributed by atoms with Crippen LogP contribution in [0.25, 0.3) is 10.9 Å². The topological polar surface area (TPSA) is 117 Å². The van der Waals surface area contributed by atoms with E-state index in [1.54, 1.807) is 17.6 Å². The number of nitrogens with zero attached hydrogens (tertiary/aromatic N) is 4. The molecule has 1 aliphatic carbocycles.